The van der Waals surface area contributed by atoms with Gasteiger partial charge in [-0.25, -0.2) is 4.79 Å². The van der Waals surface area contributed by atoms with E-state index in [4.69, 9.17) is 17.2 Å². The molecule has 228 valence electrons. The molecule has 5 atom stereocenters. The molecular weight excluding hydrogens is 546 g/mol. The molecule has 0 radical (unpaired) electrons. The highest BCUT2D eigenvalue weighted by molar-refractivity contribution is 5.94. The Kier molecular flexibility index (Phi) is 13.2. The van der Waals surface area contributed by atoms with E-state index in [9.17, 15) is 34.5 Å². The fraction of sp³-hybridized carbons (Fsp3) is 0.393. The highest BCUT2D eigenvalue weighted by Crippen LogP contribution is 2.12. The third kappa shape index (κ3) is 11.4. The highest BCUT2D eigenvalue weighted by atomic mass is 16.4. The smallest absolute Gasteiger partial charge is 0.328 e. The summed E-state index contributed by atoms with van der Waals surface area (Å²) in [6.45, 7) is 1.34. The van der Waals surface area contributed by atoms with E-state index in [1.165, 1.54) is 19.1 Å². The number of hydrogen-bond acceptors (Lipinski definition) is 8. The number of nitrogens with zero attached hydrogens (tertiary/aromatic N) is 1. The minimum absolute atomic E-state index is 0.0207. The molecule has 2 aromatic carbocycles. The summed E-state index contributed by atoms with van der Waals surface area (Å²) in [5, 5.41) is 36.1. The Balaban J connectivity index is 2.24. The van der Waals surface area contributed by atoms with E-state index in [0.29, 0.717) is 5.56 Å². The summed E-state index contributed by atoms with van der Waals surface area (Å²) < 4.78 is 0. The van der Waals surface area contributed by atoms with Crippen LogP contribution in [0.4, 0.5) is 0 Å². The van der Waals surface area contributed by atoms with E-state index >= 15 is 0 Å². The first-order chi connectivity index (χ1) is 19.9. The van der Waals surface area contributed by atoms with Gasteiger partial charge in [0.25, 0.3) is 0 Å². The standard InChI is InChI=1S/C28H39N7O7/c1-16(36)23(27(41)42)35-25(39)21(8-5-13-32-28(30)31)33-26(40)22(15-17-6-3-2-4-7-17)34-24(38)20(29)14-18-9-11-19(37)12-10-18/h2-4,6-7,9-12,16,20-23,36-37H,5,8,13-15,29H2,1H3,(H,33,40)(H,34,38)(H,35,39)(H,41,42)(H4,30,31,32). The quantitative estimate of drug-likeness (QED) is 0.0624. The number of phenolic OH excluding ortho intramolecular Hbond substituents is 1. The van der Waals surface area contributed by atoms with Crippen molar-refractivity contribution in [2.75, 3.05) is 6.54 Å². The van der Waals surface area contributed by atoms with Crippen LogP contribution in [-0.2, 0) is 32.0 Å². The van der Waals surface area contributed by atoms with Gasteiger partial charge in [0, 0.05) is 13.0 Å². The average Bonchev–Trinajstić information content (AvgIpc) is 2.93. The van der Waals surface area contributed by atoms with Gasteiger partial charge in [-0.05, 0) is 49.4 Å². The van der Waals surface area contributed by atoms with Crippen molar-refractivity contribution in [3.8, 4) is 5.75 Å². The van der Waals surface area contributed by atoms with Crippen LogP contribution < -0.4 is 33.2 Å². The number of carboxylic acid groups (broad SMARTS) is 1. The number of hydrogen-bond donors (Lipinski definition) is 9. The van der Waals surface area contributed by atoms with Crippen LogP contribution >= 0.6 is 0 Å². The lowest BCUT2D eigenvalue weighted by Gasteiger charge is -2.26. The first-order valence-corrected chi connectivity index (χ1v) is 13.3. The second-order valence-corrected chi connectivity index (χ2v) is 9.80. The summed E-state index contributed by atoms with van der Waals surface area (Å²) in [6.07, 6.45) is -0.942. The molecule has 0 spiro atoms. The summed E-state index contributed by atoms with van der Waals surface area (Å²) >= 11 is 0. The minimum atomic E-state index is -1.62. The number of aliphatic hydroxyl groups excluding tert-OH is 1. The Morgan fingerprint density at radius 1 is 0.833 bits per heavy atom. The first-order valence-electron chi connectivity index (χ1n) is 13.3. The zero-order chi connectivity index (χ0) is 31.2. The topological polar surface area (TPSA) is 255 Å². The molecule has 0 aliphatic carbocycles. The molecule has 14 heteroatoms. The van der Waals surface area contributed by atoms with Crippen molar-refractivity contribution in [1.29, 1.82) is 0 Å². The van der Waals surface area contributed by atoms with Gasteiger partial charge in [0.1, 0.15) is 17.8 Å². The number of aromatic hydroxyl groups is 1. The third-order valence-corrected chi connectivity index (χ3v) is 6.27. The zero-order valence-electron chi connectivity index (χ0n) is 23.3. The molecular formula is C28H39N7O7. The van der Waals surface area contributed by atoms with E-state index in [0.717, 1.165) is 5.56 Å². The second kappa shape index (κ2) is 16.5. The number of guanidine groups is 1. The molecule has 3 amide bonds. The van der Waals surface area contributed by atoms with Gasteiger partial charge >= 0.3 is 5.97 Å². The van der Waals surface area contributed by atoms with Crippen LogP contribution in [0.5, 0.6) is 5.75 Å². The molecule has 2 rings (SSSR count). The molecule has 0 aliphatic heterocycles. The summed E-state index contributed by atoms with van der Waals surface area (Å²) in [5.41, 5.74) is 18.2. The Morgan fingerprint density at radius 2 is 1.40 bits per heavy atom. The molecule has 0 heterocycles. The minimum Gasteiger partial charge on any atom is -0.508 e. The van der Waals surface area contributed by atoms with Gasteiger partial charge in [-0.15, -0.1) is 0 Å². The number of aliphatic carboxylic acids is 1. The van der Waals surface area contributed by atoms with Gasteiger partial charge in [0.2, 0.25) is 17.7 Å². The number of aliphatic imine (C=N–C) groups is 1. The molecule has 0 saturated carbocycles. The lowest BCUT2D eigenvalue weighted by Crippen LogP contribution is -2.58. The van der Waals surface area contributed by atoms with Gasteiger partial charge in [-0.1, -0.05) is 42.5 Å². The Bertz CT molecular complexity index is 1220. The predicted molar refractivity (Wildman–Crippen MR) is 155 cm³/mol. The number of carboxylic acids is 1. The molecule has 0 fully saturated rings. The Labute approximate surface area is 243 Å². The average molecular weight is 586 g/mol. The van der Waals surface area contributed by atoms with Crippen molar-refractivity contribution in [2.24, 2.45) is 22.2 Å². The molecule has 42 heavy (non-hydrogen) atoms. The first kappa shape index (κ1) is 33.5. The van der Waals surface area contributed by atoms with E-state index in [1.54, 1.807) is 42.5 Å². The molecule has 0 saturated heterocycles. The number of amides is 3. The van der Waals surface area contributed by atoms with Gasteiger partial charge in [-0.2, -0.15) is 0 Å². The van der Waals surface area contributed by atoms with Crippen LogP contribution in [0.15, 0.2) is 59.6 Å². The summed E-state index contributed by atoms with van der Waals surface area (Å²) in [7, 11) is 0. The fourth-order valence-corrected chi connectivity index (χ4v) is 4.00. The van der Waals surface area contributed by atoms with E-state index in [-0.39, 0.29) is 43.9 Å². The number of nitrogens with two attached hydrogens (primary N) is 3. The summed E-state index contributed by atoms with van der Waals surface area (Å²) in [5.74, 6) is -3.73. The maximum absolute atomic E-state index is 13.5. The lowest BCUT2D eigenvalue weighted by molar-refractivity contribution is -0.145. The number of nitrogens with one attached hydrogen (secondary N) is 3. The zero-order valence-corrected chi connectivity index (χ0v) is 23.3. The van der Waals surface area contributed by atoms with Crippen molar-refractivity contribution in [2.45, 2.75) is 62.9 Å². The lowest BCUT2D eigenvalue weighted by atomic mass is 10.0. The monoisotopic (exact) mass is 585 g/mol. The molecule has 2 aromatic rings. The highest BCUT2D eigenvalue weighted by Gasteiger charge is 2.32. The van der Waals surface area contributed by atoms with E-state index in [1.807, 2.05) is 0 Å². The van der Waals surface area contributed by atoms with Crippen LogP contribution in [0.25, 0.3) is 0 Å². The SMILES string of the molecule is CC(O)C(NC(=O)C(CCCN=C(N)N)NC(=O)C(Cc1ccccc1)NC(=O)C(N)Cc1ccc(O)cc1)C(=O)O. The van der Waals surface area contributed by atoms with Crippen molar-refractivity contribution in [3.05, 3.63) is 65.7 Å². The van der Waals surface area contributed by atoms with Crippen molar-refractivity contribution in [1.82, 2.24) is 16.0 Å². The predicted octanol–water partition coefficient (Wildman–Crippen LogP) is -1.52. The summed E-state index contributed by atoms with van der Waals surface area (Å²) in [6, 6.07) is 10.0. The van der Waals surface area contributed by atoms with Crippen molar-refractivity contribution in [3.63, 3.8) is 0 Å². The molecule has 0 aliphatic rings. The van der Waals surface area contributed by atoms with Gasteiger partial charge in [0.05, 0.1) is 12.1 Å². The number of aliphatic hydroxyl groups is 1. The van der Waals surface area contributed by atoms with Crippen molar-refractivity contribution < 1.29 is 34.5 Å². The number of carbonyl (C=O) groups is 4. The number of rotatable bonds is 16. The molecule has 5 unspecified atom stereocenters. The Hall–Kier alpha value is -4.69. The van der Waals surface area contributed by atoms with Crippen LogP contribution in [0.1, 0.15) is 30.9 Å². The number of carbonyl (C=O) groups excluding carboxylic acids is 3. The summed E-state index contributed by atoms with van der Waals surface area (Å²) in [4.78, 5) is 55.0. The number of benzene rings is 2. The van der Waals surface area contributed by atoms with Gasteiger partial charge < -0.3 is 48.5 Å². The largest absolute Gasteiger partial charge is 0.508 e. The van der Waals surface area contributed by atoms with Crippen LogP contribution in [0, 0.1) is 0 Å². The molecule has 0 bridgehead atoms. The number of phenols is 1. The van der Waals surface area contributed by atoms with E-state index < -0.39 is 54.0 Å². The van der Waals surface area contributed by atoms with Crippen LogP contribution in [0.2, 0.25) is 0 Å². The molecule has 12 N–H and O–H groups in total. The second-order valence-electron chi connectivity index (χ2n) is 9.80. The van der Waals surface area contributed by atoms with Crippen molar-refractivity contribution >= 4 is 29.7 Å². The van der Waals surface area contributed by atoms with Crippen LogP contribution in [-0.4, -0.2) is 81.8 Å². The third-order valence-electron chi connectivity index (χ3n) is 6.27. The molecule has 0 aromatic heterocycles. The van der Waals surface area contributed by atoms with E-state index in [2.05, 4.69) is 20.9 Å². The maximum atomic E-state index is 13.5. The Morgan fingerprint density at radius 3 is 1.98 bits per heavy atom. The van der Waals surface area contributed by atoms with Gasteiger partial charge in [0.15, 0.2) is 12.0 Å². The molecule has 14 nitrogen and oxygen atoms in total. The fourth-order valence-electron chi connectivity index (χ4n) is 4.00. The van der Waals surface area contributed by atoms with Crippen LogP contribution in [0.3, 0.4) is 0 Å². The normalized spacial score (nSPS) is 14.4. The maximum Gasteiger partial charge on any atom is 0.328 e. The van der Waals surface area contributed by atoms with Gasteiger partial charge in [-0.3, -0.25) is 19.4 Å².